The third-order valence-electron chi connectivity index (χ3n) is 3.60. The quantitative estimate of drug-likeness (QED) is 0.509. The molecule has 0 amide bonds. The van der Waals surface area contributed by atoms with Crippen LogP contribution in [0, 0.1) is 0 Å². The second-order valence-corrected chi connectivity index (χ2v) is 6.01. The van der Waals surface area contributed by atoms with E-state index in [4.69, 9.17) is 4.74 Å². The van der Waals surface area contributed by atoms with E-state index in [1.54, 1.807) is 12.1 Å². The van der Waals surface area contributed by atoms with Gasteiger partial charge in [0.2, 0.25) is 0 Å². The van der Waals surface area contributed by atoms with Crippen molar-refractivity contribution in [2.24, 2.45) is 0 Å². The molecule has 0 unspecified atom stereocenters. The highest BCUT2D eigenvalue weighted by atomic mass is 16.5. The minimum atomic E-state index is 0.119. The molecule has 0 saturated heterocycles. The van der Waals surface area contributed by atoms with E-state index in [1.807, 2.05) is 74.5 Å². The van der Waals surface area contributed by atoms with Crippen LogP contribution in [0.4, 0.5) is 22.7 Å². The van der Waals surface area contributed by atoms with Crippen molar-refractivity contribution in [3.63, 3.8) is 0 Å². The smallest absolute Gasteiger partial charge is 0.143 e. The molecule has 0 saturated carbocycles. The van der Waals surface area contributed by atoms with Crippen molar-refractivity contribution in [2.45, 2.75) is 20.0 Å². The van der Waals surface area contributed by atoms with Crippen molar-refractivity contribution in [1.82, 2.24) is 0 Å². The SMILES string of the molecule is CC(C)Oc1ccccc1Nc1ccc(Nc2ccccc2O)cc1. The molecule has 3 N–H and O–H groups in total. The largest absolute Gasteiger partial charge is 0.506 e. The van der Waals surface area contributed by atoms with E-state index in [9.17, 15) is 5.11 Å². The van der Waals surface area contributed by atoms with Gasteiger partial charge < -0.3 is 20.5 Å². The summed E-state index contributed by atoms with van der Waals surface area (Å²) in [5.74, 6) is 1.05. The van der Waals surface area contributed by atoms with Crippen LogP contribution in [0.2, 0.25) is 0 Å². The first-order valence-corrected chi connectivity index (χ1v) is 8.29. The topological polar surface area (TPSA) is 53.5 Å². The molecule has 0 spiro atoms. The number of benzene rings is 3. The number of aromatic hydroxyl groups is 1. The maximum atomic E-state index is 9.83. The summed E-state index contributed by atoms with van der Waals surface area (Å²) in [7, 11) is 0. The van der Waals surface area contributed by atoms with E-state index >= 15 is 0 Å². The maximum absolute atomic E-state index is 9.83. The Hall–Kier alpha value is -3.14. The Morgan fingerprint density at radius 3 is 1.84 bits per heavy atom. The van der Waals surface area contributed by atoms with E-state index < -0.39 is 0 Å². The molecule has 0 aromatic heterocycles. The molecule has 0 fully saturated rings. The van der Waals surface area contributed by atoms with E-state index in [2.05, 4.69) is 10.6 Å². The van der Waals surface area contributed by atoms with Crippen molar-refractivity contribution in [1.29, 1.82) is 0 Å². The molecule has 0 heterocycles. The summed E-state index contributed by atoms with van der Waals surface area (Å²) in [5.41, 5.74) is 3.47. The van der Waals surface area contributed by atoms with Gasteiger partial charge in [-0.1, -0.05) is 24.3 Å². The summed E-state index contributed by atoms with van der Waals surface area (Å²) < 4.78 is 5.83. The number of phenolic OH excluding ortho intramolecular Hbond substituents is 1. The molecule has 0 aliphatic carbocycles. The van der Waals surface area contributed by atoms with Gasteiger partial charge in [0.1, 0.15) is 11.5 Å². The van der Waals surface area contributed by atoms with Crippen molar-refractivity contribution in [2.75, 3.05) is 10.6 Å². The summed E-state index contributed by atoms with van der Waals surface area (Å²) in [6, 6.07) is 22.9. The second-order valence-electron chi connectivity index (χ2n) is 6.01. The molecule has 25 heavy (non-hydrogen) atoms. The Balaban J connectivity index is 1.72. The summed E-state index contributed by atoms with van der Waals surface area (Å²) in [6.07, 6.45) is 0.119. The summed E-state index contributed by atoms with van der Waals surface area (Å²) in [6.45, 7) is 4.02. The van der Waals surface area contributed by atoms with Gasteiger partial charge in [-0.05, 0) is 62.4 Å². The molecule has 0 bridgehead atoms. The number of ether oxygens (including phenoxy) is 1. The Bertz CT molecular complexity index is 829. The number of anilines is 4. The zero-order valence-corrected chi connectivity index (χ0v) is 14.4. The lowest BCUT2D eigenvalue weighted by molar-refractivity contribution is 0.244. The summed E-state index contributed by atoms with van der Waals surface area (Å²) in [4.78, 5) is 0. The standard InChI is InChI=1S/C21H22N2O2/c1-15(2)25-21-10-6-4-8-19(21)23-17-13-11-16(12-14-17)22-18-7-3-5-9-20(18)24/h3-15,22-24H,1-2H3. The fourth-order valence-electron chi connectivity index (χ4n) is 2.45. The maximum Gasteiger partial charge on any atom is 0.143 e. The fraction of sp³-hybridized carbons (Fsp3) is 0.143. The second kappa shape index (κ2) is 7.62. The molecule has 0 atom stereocenters. The first kappa shape index (κ1) is 16.7. The van der Waals surface area contributed by atoms with Crippen molar-refractivity contribution >= 4 is 22.7 Å². The van der Waals surface area contributed by atoms with Gasteiger partial charge in [-0.2, -0.15) is 0 Å². The van der Waals surface area contributed by atoms with Gasteiger partial charge >= 0.3 is 0 Å². The number of phenols is 1. The predicted molar refractivity (Wildman–Crippen MR) is 103 cm³/mol. The van der Waals surface area contributed by atoms with Crippen LogP contribution >= 0.6 is 0 Å². The number of hydrogen-bond donors (Lipinski definition) is 3. The number of para-hydroxylation sites is 4. The van der Waals surface area contributed by atoms with Crippen LogP contribution in [0.25, 0.3) is 0 Å². The van der Waals surface area contributed by atoms with E-state index in [1.165, 1.54) is 0 Å². The number of rotatable bonds is 6. The van der Waals surface area contributed by atoms with Crippen LogP contribution in [0.3, 0.4) is 0 Å². The number of nitrogens with one attached hydrogen (secondary N) is 2. The summed E-state index contributed by atoms with van der Waals surface area (Å²) >= 11 is 0. The first-order chi connectivity index (χ1) is 12.1. The Labute approximate surface area is 148 Å². The van der Waals surface area contributed by atoms with Gasteiger partial charge in [-0.25, -0.2) is 0 Å². The van der Waals surface area contributed by atoms with E-state index in [-0.39, 0.29) is 11.9 Å². The van der Waals surface area contributed by atoms with E-state index in [0.29, 0.717) is 5.69 Å². The third kappa shape index (κ3) is 4.44. The minimum absolute atomic E-state index is 0.119. The molecule has 4 nitrogen and oxygen atoms in total. The average Bonchev–Trinajstić information content (AvgIpc) is 2.60. The monoisotopic (exact) mass is 334 g/mol. The van der Waals surface area contributed by atoms with Gasteiger partial charge in [0.25, 0.3) is 0 Å². The molecule has 3 aromatic rings. The molecule has 0 radical (unpaired) electrons. The highest BCUT2D eigenvalue weighted by Crippen LogP contribution is 2.30. The molecular weight excluding hydrogens is 312 g/mol. The first-order valence-electron chi connectivity index (χ1n) is 8.29. The van der Waals surface area contributed by atoms with Crippen LogP contribution in [-0.2, 0) is 0 Å². The predicted octanol–water partition coefficient (Wildman–Crippen LogP) is 5.67. The lowest BCUT2D eigenvalue weighted by Gasteiger charge is -2.16. The van der Waals surface area contributed by atoms with Crippen LogP contribution < -0.4 is 15.4 Å². The highest BCUT2D eigenvalue weighted by molar-refractivity contribution is 5.70. The van der Waals surface area contributed by atoms with Crippen LogP contribution in [0.5, 0.6) is 11.5 Å². The zero-order chi connectivity index (χ0) is 17.6. The molecule has 128 valence electrons. The molecular formula is C21H22N2O2. The van der Waals surface area contributed by atoms with Gasteiger partial charge in [0, 0.05) is 11.4 Å². The average molecular weight is 334 g/mol. The molecule has 4 heteroatoms. The summed E-state index contributed by atoms with van der Waals surface area (Å²) in [5, 5.41) is 16.4. The zero-order valence-electron chi connectivity index (χ0n) is 14.4. The van der Waals surface area contributed by atoms with Crippen molar-refractivity contribution in [3.05, 3.63) is 72.8 Å². The third-order valence-corrected chi connectivity index (χ3v) is 3.60. The van der Waals surface area contributed by atoms with Crippen LogP contribution in [-0.4, -0.2) is 11.2 Å². The van der Waals surface area contributed by atoms with Gasteiger partial charge in [-0.3, -0.25) is 0 Å². The fourth-order valence-corrected chi connectivity index (χ4v) is 2.45. The van der Waals surface area contributed by atoms with Crippen LogP contribution in [0.15, 0.2) is 72.8 Å². The van der Waals surface area contributed by atoms with Crippen molar-refractivity contribution < 1.29 is 9.84 Å². The minimum Gasteiger partial charge on any atom is -0.506 e. The molecule has 3 rings (SSSR count). The van der Waals surface area contributed by atoms with E-state index in [0.717, 1.165) is 22.8 Å². The van der Waals surface area contributed by atoms with Crippen molar-refractivity contribution in [3.8, 4) is 11.5 Å². The van der Waals surface area contributed by atoms with Gasteiger partial charge in [0.05, 0.1) is 17.5 Å². The molecule has 0 aliphatic rings. The lowest BCUT2D eigenvalue weighted by atomic mass is 10.2. The Morgan fingerprint density at radius 2 is 1.24 bits per heavy atom. The normalized spacial score (nSPS) is 10.5. The van der Waals surface area contributed by atoms with Gasteiger partial charge in [-0.15, -0.1) is 0 Å². The molecule has 3 aromatic carbocycles. The Kier molecular flexibility index (Phi) is 5.09. The van der Waals surface area contributed by atoms with Crippen LogP contribution in [0.1, 0.15) is 13.8 Å². The highest BCUT2D eigenvalue weighted by Gasteiger charge is 2.06. The van der Waals surface area contributed by atoms with Gasteiger partial charge in [0.15, 0.2) is 0 Å². The lowest BCUT2D eigenvalue weighted by Crippen LogP contribution is -2.07. The molecule has 0 aliphatic heterocycles. The Morgan fingerprint density at radius 1 is 0.720 bits per heavy atom. The number of hydrogen-bond acceptors (Lipinski definition) is 4.